The highest BCUT2D eigenvalue weighted by atomic mass is 35.5. The molecular formula is C11H6ClF3N2. The van der Waals surface area contributed by atoms with Crippen LogP contribution >= 0.6 is 11.6 Å². The van der Waals surface area contributed by atoms with Crippen molar-refractivity contribution in [3.8, 4) is 11.4 Å². The molecule has 1 aromatic heterocycles. The molecule has 0 saturated heterocycles. The molecule has 88 valence electrons. The van der Waals surface area contributed by atoms with E-state index in [9.17, 15) is 13.2 Å². The second-order valence-electron chi connectivity index (χ2n) is 3.37. The van der Waals surface area contributed by atoms with Crippen LogP contribution in [0.25, 0.3) is 11.4 Å². The number of halogens is 4. The second-order valence-corrected chi connectivity index (χ2v) is 3.72. The van der Waals surface area contributed by atoms with Gasteiger partial charge in [0.05, 0.1) is 5.69 Å². The Hall–Kier alpha value is -1.62. The zero-order valence-corrected chi connectivity index (χ0v) is 9.39. The van der Waals surface area contributed by atoms with Gasteiger partial charge in [0, 0.05) is 5.56 Å². The third-order valence-corrected chi connectivity index (χ3v) is 2.40. The summed E-state index contributed by atoms with van der Waals surface area (Å²) in [5.74, 6) is -2.67. The molecule has 0 amide bonds. The van der Waals surface area contributed by atoms with Gasteiger partial charge in [0.15, 0.2) is 28.4 Å². The standard InChI is InChI=1S/C11H6ClF3N2/c1-5-9(15)10(12)17-11(16-5)6-2-3-7(13)8(14)4-6/h2-4H,1H3. The number of aromatic nitrogens is 2. The maximum Gasteiger partial charge on any atom is 0.181 e. The van der Waals surface area contributed by atoms with Crippen molar-refractivity contribution in [2.75, 3.05) is 0 Å². The van der Waals surface area contributed by atoms with Crippen molar-refractivity contribution in [3.05, 3.63) is 46.5 Å². The van der Waals surface area contributed by atoms with Crippen molar-refractivity contribution in [2.24, 2.45) is 0 Å². The molecule has 2 nitrogen and oxygen atoms in total. The Morgan fingerprint density at radius 1 is 1.06 bits per heavy atom. The van der Waals surface area contributed by atoms with Crippen molar-refractivity contribution < 1.29 is 13.2 Å². The molecule has 2 rings (SSSR count). The Bertz CT molecular complexity index is 564. The average molecular weight is 259 g/mol. The molecule has 0 saturated carbocycles. The van der Waals surface area contributed by atoms with Gasteiger partial charge in [-0.1, -0.05) is 11.6 Å². The van der Waals surface area contributed by atoms with Crippen molar-refractivity contribution in [1.82, 2.24) is 9.97 Å². The summed E-state index contributed by atoms with van der Waals surface area (Å²) in [7, 11) is 0. The summed E-state index contributed by atoms with van der Waals surface area (Å²) >= 11 is 5.55. The highest BCUT2D eigenvalue weighted by Gasteiger charge is 2.12. The molecule has 0 aliphatic carbocycles. The molecule has 0 fully saturated rings. The van der Waals surface area contributed by atoms with Crippen molar-refractivity contribution >= 4 is 11.6 Å². The quantitative estimate of drug-likeness (QED) is 0.732. The molecule has 0 spiro atoms. The molecule has 0 radical (unpaired) electrons. The van der Waals surface area contributed by atoms with Crippen LogP contribution in [0.4, 0.5) is 13.2 Å². The lowest BCUT2D eigenvalue weighted by Crippen LogP contribution is -1.98. The monoisotopic (exact) mass is 258 g/mol. The predicted octanol–water partition coefficient (Wildman–Crippen LogP) is 3.52. The topological polar surface area (TPSA) is 25.8 Å². The number of benzene rings is 1. The minimum atomic E-state index is -1.02. The molecule has 1 heterocycles. The first kappa shape index (κ1) is 11.9. The van der Waals surface area contributed by atoms with Crippen LogP contribution in [-0.4, -0.2) is 9.97 Å². The Kier molecular flexibility index (Phi) is 3.02. The van der Waals surface area contributed by atoms with E-state index in [4.69, 9.17) is 11.6 Å². The second kappa shape index (κ2) is 4.33. The van der Waals surface area contributed by atoms with Crippen LogP contribution in [0.15, 0.2) is 18.2 Å². The third-order valence-electron chi connectivity index (χ3n) is 2.15. The first-order valence-corrected chi connectivity index (χ1v) is 5.02. The minimum absolute atomic E-state index is 0.0460. The van der Waals surface area contributed by atoms with E-state index in [1.165, 1.54) is 13.0 Å². The Balaban J connectivity index is 2.57. The summed E-state index contributed by atoms with van der Waals surface area (Å²) in [6, 6.07) is 3.17. The fourth-order valence-corrected chi connectivity index (χ4v) is 1.51. The van der Waals surface area contributed by atoms with Crippen LogP contribution in [0, 0.1) is 24.4 Å². The van der Waals surface area contributed by atoms with Crippen molar-refractivity contribution in [3.63, 3.8) is 0 Å². The Labute approximate surface area is 100 Å². The summed E-state index contributed by atoms with van der Waals surface area (Å²) in [5.41, 5.74) is 0.277. The molecule has 6 heteroatoms. The lowest BCUT2D eigenvalue weighted by molar-refractivity contribution is 0.509. The number of hydrogen-bond donors (Lipinski definition) is 0. The van der Waals surface area contributed by atoms with Gasteiger partial charge < -0.3 is 0 Å². The van der Waals surface area contributed by atoms with Crippen molar-refractivity contribution in [1.29, 1.82) is 0 Å². The number of nitrogens with zero attached hydrogens (tertiary/aromatic N) is 2. The molecule has 1 aromatic carbocycles. The van der Waals surface area contributed by atoms with E-state index in [-0.39, 0.29) is 22.2 Å². The molecular weight excluding hydrogens is 253 g/mol. The summed E-state index contributed by atoms with van der Waals surface area (Å²) in [4.78, 5) is 7.48. The van der Waals surface area contributed by atoms with Crippen LogP contribution < -0.4 is 0 Å². The lowest BCUT2D eigenvalue weighted by atomic mass is 10.2. The summed E-state index contributed by atoms with van der Waals surface area (Å²) in [6.07, 6.45) is 0. The average Bonchev–Trinajstić information content (AvgIpc) is 2.29. The normalized spacial score (nSPS) is 10.6. The van der Waals surface area contributed by atoms with Crippen LogP contribution in [-0.2, 0) is 0 Å². The van der Waals surface area contributed by atoms with Gasteiger partial charge in [-0.05, 0) is 25.1 Å². The van der Waals surface area contributed by atoms with Gasteiger partial charge in [-0.3, -0.25) is 0 Å². The number of hydrogen-bond acceptors (Lipinski definition) is 2. The van der Waals surface area contributed by atoms with Gasteiger partial charge in [-0.25, -0.2) is 23.1 Å². The number of aryl methyl sites for hydroxylation is 1. The fraction of sp³-hybridized carbons (Fsp3) is 0.0909. The van der Waals surface area contributed by atoms with E-state index in [2.05, 4.69) is 9.97 Å². The molecule has 17 heavy (non-hydrogen) atoms. The fourth-order valence-electron chi connectivity index (χ4n) is 1.29. The Morgan fingerprint density at radius 2 is 1.76 bits per heavy atom. The SMILES string of the molecule is Cc1nc(-c2ccc(F)c(F)c2)nc(Cl)c1F. The highest BCUT2D eigenvalue weighted by Crippen LogP contribution is 2.22. The van der Waals surface area contributed by atoms with Crippen LogP contribution in [0.5, 0.6) is 0 Å². The summed E-state index contributed by atoms with van der Waals surface area (Å²) in [5, 5.41) is -0.350. The predicted molar refractivity (Wildman–Crippen MR) is 57.1 cm³/mol. The van der Waals surface area contributed by atoms with E-state index in [0.717, 1.165) is 12.1 Å². The van der Waals surface area contributed by atoms with E-state index in [1.807, 2.05) is 0 Å². The van der Waals surface area contributed by atoms with Gasteiger partial charge in [0.2, 0.25) is 0 Å². The molecule has 0 atom stereocenters. The van der Waals surface area contributed by atoms with Gasteiger partial charge in [0.1, 0.15) is 0 Å². The summed E-state index contributed by atoms with van der Waals surface area (Å²) in [6.45, 7) is 1.41. The van der Waals surface area contributed by atoms with Gasteiger partial charge >= 0.3 is 0 Å². The van der Waals surface area contributed by atoms with Crippen molar-refractivity contribution in [2.45, 2.75) is 6.92 Å². The van der Waals surface area contributed by atoms with Gasteiger partial charge in [0.25, 0.3) is 0 Å². The molecule has 0 aliphatic heterocycles. The van der Waals surface area contributed by atoms with E-state index in [1.54, 1.807) is 0 Å². The van der Waals surface area contributed by atoms with Crippen LogP contribution in [0.2, 0.25) is 5.15 Å². The van der Waals surface area contributed by atoms with Crippen LogP contribution in [0.3, 0.4) is 0 Å². The smallest absolute Gasteiger partial charge is 0.181 e. The Morgan fingerprint density at radius 3 is 2.35 bits per heavy atom. The van der Waals surface area contributed by atoms with E-state index >= 15 is 0 Å². The maximum absolute atomic E-state index is 13.2. The first-order chi connectivity index (χ1) is 7.99. The molecule has 2 aromatic rings. The third kappa shape index (κ3) is 2.24. The van der Waals surface area contributed by atoms with E-state index in [0.29, 0.717) is 0 Å². The zero-order chi connectivity index (χ0) is 12.6. The van der Waals surface area contributed by atoms with Gasteiger partial charge in [-0.15, -0.1) is 0 Å². The maximum atomic E-state index is 13.2. The largest absolute Gasteiger partial charge is 0.230 e. The molecule has 0 aliphatic rings. The van der Waals surface area contributed by atoms with Crippen LogP contribution in [0.1, 0.15) is 5.69 Å². The van der Waals surface area contributed by atoms with E-state index < -0.39 is 17.5 Å². The minimum Gasteiger partial charge on any atom is -0.230 e. The zero-order valence-electron chi connectivity index (χ0n) is 8.64. The highest BCUT2D eigenvalue weighted by molar-refractivity contribution is 6.29. The molecule has 0 bridgehead atoms. The lowest BCUT2D eigenvalue weighted by Gasteiger charge is -2.04. The number of rotatable bonds is 1. The molecule has 0 N–H and O–H groups in total. The molecule has 0 unspecified atom stereocenters. The first-order valence-electron chi connectivity index (χ1n) is 4.64. The summed E-state index contributed by atoms with van der Waals surface area (Å²) < 4.78 is 38.9. The van der Waals surface area contributed by atoms with Gasteiger partial charge in [-0.2, -0.15) is 0 Å².